The summed E-state index contributed by atoms with van der Waals surface area (Å²) < 4.78 is 36.1. The molecule has 0 radical (unpaired) electrons. The topological polar surface area (TPSA) is 85.5 Å². The van der Waals surface area contributed by atoms with Gasteiger partial charge in [-0.2, -0.15) is 0 Å². The van der Waals surface area contributed by atoms with Crippen LogP contribution in [0.4, 0.5) is 6.01 Å². The van der Waals surface area contributed by atoms with E-state index in [9.17, 15) is 8.42 Å². The summed E-state index contributed by atoms with van der Waals surface area (Å²) in [5.41, 5.74) is 0.287. The predicted octanol–water partition coefficient (Wildman–Crippen LogP) is 1.79. The van der Waals surface area contributed by atoms with Crippen molar-refractivity contribution in [2.45, 2.75) is 55.4 Å². The Morgan fingerprint density at radius 3 is 2.43 bits per heavy atom. The van der Waals surface area contributed by atoms with Gasteiger partial charge in [0, 0.05) is 31.7 Å². The largest absolute Gasteiger partial charge is 0.394 e. The van der Waals surface area contributed by atoms with Crippen molar-refractivity contribution in [3.8, 4) is 0 Å². The van der Waals surface area contributed by atoms with E-state index in [1.807, 2.05) is 4.90 Å². The zero-order valence-electron chi connectivity index (χ0n) is 13.2. The Morgan fingerprint density at radius 2 is 1.74 bits per heavy atom. The summed E-state index contributed by atoms with van der Waals surface area (Å²) >= 11 is 0. The molecule has 0 atom stereocenters. The van der Waals surface area contributed by atoms with E-state index in [1.54, 1.807) is 0 Å². The molecule has 8 heteroatoms. The van der Waals surface area contributed by atoms with E-state index in [4.69, 9.17) is 9.15 Å². The summed E-state index contributed by atoms with van der Waals surface area (Å²) in [6.07, 6.45) is 6.53. The van der Waals surface area contributed by atoms with Crippen LogP contribution in [0.25, 0.3) is 0 Å². The van der Waals surface area contributed by atoms with E-state index in [-0.39, 0.29) is 15.9 Å². The number of ether oxygens (including phenoxy) is 1. The van der Waals surface area contributed by atoms with Crippen molar-refractivity contribution in [2.75, 3.05) is 31.2 Å². The molecule has 0 bridgehead atoms. The maximum atomic E-state index is 12.6. The van der Waals surface area contributed by atoms with Gasteiger partial charge in [-0.3, -0.25) is 0 Å². The first-order chi connectivity index (χ1) is 11.1. The van der Waals surface area contributed by atoms with Gasteiger partial charge in [0.25, 0.3) is 0 Å². The molecule has 3 aliphatic rings. The highest BCUT2D eigenvalue weighted by molar-refractivity contribution is 7.91. The lowest BCUT2D eigenvalue weighted by Gasteiger charge is -2.51. The number of hydrogen-bond acceptors (Lipinski definition) is 7. The zero-order valence-corrected chi connectivity index (χ0v) is 14.1. The molecule has 4 rings (SSSR count). The third-order valence-corrected chi connectivity index (χ3v) is 7.51. The van der Waals surface area contributed by atoms with Crippen LogP contribution in [0.1, 0.15) is 44.9 Å². The molecule has 3 heterocycles. The molecule has 1 saturated carbocycles. The first-order valence-electron chi connectivity index (χ1n) is 8.49. The van der Waals surface area contributed by atoms with Gasteiger partial charge in [0.15, 0.2) is 0 Å². The summed E-state index contributed by atoms with van der Waals surface area (Å²) in [6, 6.07) is 0.344. The van der Waals surface area contributed by atoms with Gasteiger partial charge in [-0.05, 0) is 25.7 Å². The molecule has 2 saturated heterocycles. The van der Waals surface area contributed by atoms with E-state index in [1.165, 1.54) is 0 Å². The van der Waals surface area contributed by atoms with Crippen LogP contribution in [-0.2, 0) is 14.6 Å². The van der Waals surface area contributed by atoms with E-state index in [0.29, 0.717) is 18.9 Å². The quantitative estimate of drug-likeness (QED) is 0.828. The van der Waals surface area contributed by atoms with E-state index < -0.39 is 9.84 Å². The molecule has 2 aliphatic heterocycles. The molecule has 128 valence electrons. The van der Waals surface area contributed by atoms with Crippen LogP contribution in [0, 0.1) is 5.41 Å². The van der Waals surface area contributed by atoms with Gasteiger partial charge in [0.05, 0.1) is 5.25 Å². The SMILES string of the molecule is O=S(=O)(c1nnc(N2CC3(CCOCC3)C2)o1)C1CCCCC1. The van der Waals surface area contributed by atoms with Crippen molar-refractivity contribution in [3.05, 3.63) is 0 Å². The minimum Gasteiger partial charge on any atom is -0.394 e. The number of aromatic nitrogens is 2. The summed E-state index contributed by atoms with van der Waals surface area (Å²) in [5.74, 6) is 0. The molecule has 1 aromatic heterocycles. The summed E-state index contributed by atoms with van der Waals surface area (Å²) in [5, 5.41) is 7.24. The van der Waals surface area contributed by atoms with Crippen LogP contribution in [0.5, 0.6) is 0 Å². The van der Waals surface area contributed by atoms with Crippen molar-refractivity contribution in [1.29, 1.82) is 0 Å². The lowest BCUT2D eigenvalue weighted by atomic mass is 9.74. The van der Waals surface area contributed by atoms with Crippen molar-refractivity contribution >= 4 is 15.9 Å². The van der Waals surface area contributed by atoms with E-state index in [0.717, 1.165) is 58.4 Å². The van der Waals surface area contributed by atoms with E-state index in [2.05, 4.69) is 10.2 Å². The Morgan fingerprint density at radius 1 is 1.04 bits per heavy atom. The van der Waals surface area contributed by atoms with Crippen LogP contribution in [-0.4, -0.2) is 50.2 Å². The molecule has 0 amide bonds. The van der Waals surface area contributed by atoms with Gasteiger partial charge in [-0.1, -0.05) is 29.5 Å². The highest BCUT2D eigenvalue weighted by Gasteiger charge is 2.46. The van der Waals surface area contributed by atoms with Crippen LogP contribution in [0.2, 0.25) is 0 Å². The Bertz CT molecular complexity index is 652. The molecule has 0 unspecified atom stereocenters. The normalized spacial score (nSPS) is 25.5. The summed E-state index contributed by atoms with van der Waals surface area (Å²) in [4.78, 5) is 1.98. The molecular weight excluding hydrogens is 318 g/mol. The maximum Gasteiger partial charge on any atom is 0.337 e. The fourth-order valence-corrected chi connectivity index (χ4v) is 5.57. The first-order valence-corrected chi connectivity index (χ1v) is 10.0. The highest BCUT2D eigenvalue weighted by atomic mass is 32.2. The molecule has 0 N–H and O–H groups in total. The Kier molecular flexibility index (Phi) is 3.84. The summed E-state index contributed by atoms with van der Waals surface area (Å²) in [7, 11) is -3.48. The van der Waals surface area contributed by atoms with Gasteiger partial charge in [-0.15, -0.1) is 0 Å². The monoisotopic (exact) mass is 341 g/mol. The Labute approximate surface area is 136 Å². The lowest BCUT2D eigenvalue weighted by molar-refractivity contribution is -0.00200. The molecule has 1 aliphatic carbocycles. The number of sulfone groups is 1. The predicted molar refractivity (Wildman–Crippen MR) is 83.1 cm³/mol. The van der Waals surface area contributed by atoms with Crippen molar-refractivity contribution < 1.29 is 17.6 Å². The third kappa shape index (κ3) is 2.76. The minimum absolute atomic E-state index is 0.202. The zero-order chi connectivity index (χ0) is 15.9. The second kappa shape index (κ2) is 5.73. The van der Waals surface area contributed by atoms with Crippen LogP contribution in [0.15, 0.2) is 9.64 Å². The lowest BCUT2D eigenvalue weighted by Crippen LogP contribution is -2.58. The fraction of sp³-hybridized carbons (Fsp3) is 0.867. The van der Waals surface area contributed by atoms with Gasteiger partial charge in [0.1, 0.15) is 0 Å². The number of hydrogen-bond donors (Lipinski definition) is 0. The molecule has 1 spiro atoms. The van der Waals surface area contributed by atoms with Gasteiger partial charge in [-0.25, -0.2) is 8.42 Å². The van der Waals surface area contributed by atoms with Gasteiger partial charge >= 0.3 is 11.2 Å². The first kappa shape index (κ1) is 15.4. The summed E-state index contributed by atoms with van der Waals surface area (Å²) in [6.45, 7) is 3.31. The third-order valence-electron chi connectivity index (χ3n) is 5.51. The van der Waals surface area contributed by atoms with Crippen LogP contribution >= 0.6 is 0 Å². The minimum atomic E-state index is -3.48. The second-order valence-electron chi connectivity index (χ2n) is 7.12. The number of rotatable bonds is 3. The smallest absolute Gasteiger partial charge is 0.337 e. The second-order valence-corrected chi connectivity index (χ2v) is 9.23. The number of nitrogens with zero attached hydrogens (tertiary/aromatic N) is 3. The van der Waals surface area contributed by atoms with Crippen molar-refractivity contribution in [2.24, 2.45) is 5.41 Å². The average Bonchev–Trinajstić information content (AvgIpc) is 3.04. The Hall–Kier alpha value is -1.15. The molecule has 1 aromatic rings. The van der Waals surface area contributed by atoms with Crippen molar-refractivity contribution in [1.82, 2.24) is 10.2 Å². The van der Waals surface area contributed by atoms with E-state index >= 15 is 0 Å². The molecule has 3 fully saturated rings. The maximum absolute atomic E-state index is 12.6. The van der Waals surface area contributed by atoms with Gasteiger partial charge in [0.2, 0.25) is 9.84 Å². The van der Waals surface area contributed by atoms with Gasteiger partial charge < -0.3 is 14.1 Å². The fourth-order valence-electron chi connectivity index (χ4n) is 3.98. The van der Waals surface area contributed by atoms with Crippen LogP contribution in [0.3, 0.4) is 0 Å². The number of anilines is 1. The average molecular weight is 341 g/mol. The molecule has 7 nitrogen and oxygen atoms in total. The highest BCUT2D eigenvalue weighted by Crippen LogP contribution is 2.42. The standard InChI is InChI=1S/C15H23N3O4S/c19-23(20,12-4-2-1-3-5-12)14-17-16-13(22-14)18-10-15(11-18)6-8-21-9-7-15/h12H,1-11H2. The molecule has 0 aromatic carbocycles. The van der Waals surface area contributed by atoms with Crippen molar-refractivity contribution in [3.63, 3.8) is 0 Å². The molecular formula is C15H23N3O4S. The Balaban J connectivity index is 1.45. The van der Waals surface area contributed by atoms with Crippen LogP contribution < -0.4 is 4.90 Å². The molecule has 23 heavy (non-hydrogen) atoms.